The first-order chi connectivity index (χ1) is 22.5. The third kappa shape index (κ3) is 6.19. The highest BCUT2D eigenvalue weighted by molar-refractivity contribution is 7.18. The van der Waals surface area contributed by atoms with Crippen LogP contribution < -0.4 is 9.64 Å². The van der Waals surface area contributed by atoms with E-state index in [0.29, 0.717) is 0 Å². The molecule has 4 nitrogen and oxygen atoms in total. The smallest absolute Gasteiger partial charge is 0.119 e. The summed E-state index contributed by atoms with van der Waals surface area (Å²) in [5.41, 5.74) is 11.7. The Labute approximate surface area is 274 Å². The highest BCUT2D eigenvalue weighted by Crippen LogP contribution is 2.40. The lowest BCUT2D eigenvalue weighted by Crippen LogP contribution is -2.09. The molecule has 0 spiro atoms. The van der Waals surface area contributed by atoms with Crippen LogP contribution in [0.5, 0.6) is 5.75 Å². The average molecular weight is 616 g/mol. The summed E-state index contributed by atoms with van der Waals surface area (Å²) < 4.78 is 5.50. The van der Waals surface area contributed by atoms with E-state index in [9.17, 15) is 0 Å². The predicted molar refractivity (Wildman–Crippen MR) is 192 cm³/mol. The van der Waals surface area contributed by atoms with Crippen molar-refractivity contribution in [3.8, 4) is 49.3 Å². The Morgan fingerprint density at radius 3 is 1.74 bits per heavy atom. The number of aromatic nitrogens is 2. The Balaban J connectivity index is 1.24. The molecule has 0 saturated heterocycles. The standard InChI is InChI=1S/C41H33N3OS/c1-28-10-16-33(17-11-28)44(34-18-12-29(2)13-19-34)35-20-14-30(15-21-35)40-22-23-41(46-40)32-26-38(31-7-6-8-36(25-31)45-3)43-39(27-32)37-9-4-5-24-42-37/h4-27H,1-3H3. The summed E-state index contributed by atoms with van der Waals surface area (Å²) in [6, 6.07) is 48.9. The Kier molecular flexibility index (Phi) is 8.15. The molecule has 0 aliphatic rings. The van der Waals surface area contributed by atoms with Crippen LogP contribution in [0.15, 0.2) is 146 Å². The summed E-state index contributed by atoms with van der Waals surface area (Å²) in [5.74, 6) is 0.800. The zero-order chi connectivity index (χ0) is 31.5. The lowest BCUT2D eigenvalue weighted by atomic mass is 10.1. The number of rotatable bonds is 8. The van der Waals surface area contributed by atoms with E-state index in [2.05, 4.69) is 127 Å². The van der Waals surface area contributed by atoms with Crippen LogP contribution in [0.1, 0.15) is 11.1 Å². The maximum atomic E-state index is 5.50. The summed E-state index contributed by atoms with van der Waals surface area (Å²) in [5, 5.41) is 0. The third-order valence-electron chi connectivity index (χ3n) is 8.00. The summed E-state index contributed by atoms with van der Waals surface area (Å²) >= 11 is 1.78. The number of aryl methyl sites for hydroxylation is 2. The lowest BCUT2D eigenvalue weighted by Gasteiger charge is -2.26. The fourth-order valence-electron chi connectivity index (χ4n) is 5.51. The second kappa shape index (κ2) is 12.8. The number of nitrogens with zero attached hydrogens (tertiary/aromatic N) is 3. The van der Waals surface area contributed by atoms with Gasteiger partial charge in [-0.25, -0.2) is 4.98 Å². The third-order valence-corrected chi connectivity index (χ3v) is 9.19. The van der Waals surface area contributed by atoms with E-state index < -0.39 is 0 Å². The van der Waals surface area contributed by atoms with Crippen molar-refractivity contribution >= 4 is 28.4 Å². The van der Waals surface area contributed by atoms with Crippen molar-refractivity contribution in [2.45, 2.75) is 13.8 Å². The zero-order valence-corrected chi connectivity index (χ0v) is 26.8. The van der Waals surface area contributed by atoms with Crippen LogP contribution in [0, 0.1) is 13.8 Å². The van der Waals surface area contributed by atoms with Crippen molar-refractivity contribution in [2.75, 3.05) is 12.0 Å². The molecule has 7 rings (SSSR count). The molecule has 3 heterocycles. The Morgan fingerprint density at radius 2 is 1.13 bits per heavy atom. The zero-order valence-electron chi connectivity index (χ0n) is 26.0. The van der Waals surface area contributed by atoms with Crippen molar-refractivity contribution < 1.29 is 4.74 Å². The molecule has 0 aliphatic heterocycles. The van der Waals surface area contributed by atoms with Gasteiger partial charge in [0.1, 0.15) is 5.75 Å². The van der Waals surface area contributed by atoms with E-state index in [1.807, 2.05) is 36.4 Å². The molecule has 0 fully saturated rings. The van der Waals surface area contributed by atoms with E-state index in [-0.39, 0.29) is 0 Å². The summed E-state index contributed by atoms with van der Waals surface area (Å²) in [6.45, 7) is 4.24. The molecule has 0 radical (unpaired) electrons. The second-order valence-corrected chi connectivity index (χ2v) is 12.4. The maximum Gasteiger partial charge on any atom is 0.119 e. The minimum Gasteiger partial charge on any atom is -0.497 e. The molecular weight excluding hydrogens is 583 g/mol. The molecule has 0 atom stereocenters. The first-order valence-electron chi connectivity index (χ1n) is 15.3. The van der Waals surface area contributed by atoms with Crippen LogP contribution in [-0.4, -0.2) is 17.1 Å². The Hall–Kier alpha value is -5.52. The number of methoxy groups -OCH3 is 1. The van der Waals surface area contributed by atoms with Gasteiger partial charge in [0.05, 0.1) is 24.2 Å². The number of hydrogen-bond donors (Lipinski definition) is 0. The van der Waals surface area contributed by atoms with Gasteiger partial charge in [-0.05, 0) is 110 Å². The fraction of sp³-hybridized carbons (Fsp3) is 0.0732. The van der Waals surface area contributed by atoms with E-state index in [1.165, 1.54) is 26.4 Å². The predicted octanol–water partition coefficient (Wildman–Crippen LogP) is 11.3. The summed E-state index contributed by atoms with van der Waals surface area (Å²) in [4.78, 5) is 14.3. The molecule has 0 bridgehead atoms. The molecule has 46 heavy (non-hydrogen) atoms. The van der Waals surface area contributed by atoms with Gasteiger partial charge in [0.25, 0.3) is 0 Å². The SMILES string of the molecule is COc1cccc(-c2cc(-c3ccc(-c4ccc(N(c5ccc(C)cc5)c5ccc(C)cc5)cc4)s3)cc(-c3ccccn3)n2)c1. The molecule has 0 N–H and O–H groups in total. The number of ether oxygens (including phenoxy) is 1. The maximum absolute atomic E-state index is 5.50. The first kappa shape index (κ1) is 29.2. The van der Waals surface area contributed by atoms with Crippen LogP contribution in [0.25, 0.3) is 43.5 Å². The highest BCUT2D eigenvalue weighted by Gasteiger charge is 2.15. The largest absolute Gasteiger partial charge is 0.497 e. The molecule has 0 unspecified atom stereocenters. The van der Waals surface area contributed by atoms with Gasteiger partial charge in [0.2, 0.25) is 0 Å². The lowest BCUT2D eigenvalue weighted by molar-refractivity contribution is 0.415. The van der Waals surface area contributed by atoms with Crippen molar-refractivity contribution in [3.63, 3.8) is 0 Å². The van der Waals surface area contributed by atoms with Crippen LogP contribution in [0.4, 0.5) is 17.1 Å². The molecule has 3 aromatic heterocycles. The molecule has 224 valence electrons. The molecule has 4 aromatic carbocycles. The molecule has 0 saturated carbocycles. The van der Waals surface area contributed by atoms with Crippen LogP contribution >= 0.6 is 11.3 Å². The topological polar surface area (TPSA) is 38.2 Å². The number of pyridine rings is 2. The van der Waals surface area contributed by atoms with Crippen molar-refractivity contribution in [2.24, 2.45) is 0 Å². The van der Waals surface area contributed by atoms with E-state index in [0.717, 1.165) is 51.0 Å². The van der Waals surface area contributed by atoms with E-state index in [4.69, 9.17) is 9.72 Å². The molecule has 0 aliphatic carbocycles. The van der Waals surface area contributed by atoms with Crippen LogP contribution in [0.3, 0.4) is 0 Å². The second-order valence-electron chi connectivity index (χ2n) is 11.3. The minimum atomic E-state index is 0.800. The number of thiophene rings is 1. The van der Waals surface area contributed by atoms with Gasteiger partial charge in [-0.1, -0.05) is 65.7 Å². The summed E-state index contributed by atoms with van der Waals surface area (Å²) in [6.07, 6.45) is 1.81. The van der Waals surface area contributed by atoms with E-state index >= 15 is 0 Å². The molecular formula is C41H33N3OS. The normalized spacial score (nSPS) is 10.9. The average Bonchev–Trinajstić information content (AvgIpc) is 3.61. The van der Waals surface area contributed by atoms with Crippen molar-refractivity contribution in [1.82, 2.24) is 9.97 Å². The Bertz CT molecular complexity index is 2040. The fourth-order valence-corrected chi connectivity index (χ4v) is 6.51. The minimum absolute atomic E-state index is 0.800. The van der Waals surface area contributed by atoms with Gasteiger partial charge in [0, 0.05) is 38.6 Å². The highest BCUT2D eigenvalue weighted by atomic mass is 32.1. The molecule has 7 aromatic rings. The van der Waals surface area contributed by atoms with Gasteiger partial charge in [0.15, 0.2) is 0 Å². The van der Waals surface area contributed by atoms with Gasteiger partial charge in [-0.2, -0.15) is 0 Å². The van der Waals surface area contributed by atoms with Gasteiger partial charge in [-0.3, -0.25) is 4.98 Å². The van der Waals surface area contributed by atoms with Gasteiger partial charge in [-0.15, -0.1) is 11.3 Å². The molecule has 5 heteroatoms. The van der Waals surface area contributed by atoms with Crippen LogP contribution in [-0.2, 0) is 0 Å². The van der Waals surface area contributed by atoms with Crippen LogP contribution in [0.2, 0.25) is 0 Å². The summed E-state index contributed by atoms with van der Waals surface area (Å²) in [7, 11) is 1.69. The van der Waals surface area contributed by atoms with Gasteiger partial charge < -0.3 is 9.64 Å². The number of hydrogen-bond acceptors (Lipinski definition) is 5. The Morgan fingerprint density at radius 1 is 0.522 bits per heavy atom. The first-order valence-corrected chi connectivity index (χ1v) is 16.1. The number of anilines is 3. The molecule has 0 amide bonds. The van der Waals surface area contributed by atoms with E-state index in [1.54, 1.807) is 24.6 Å². The number of benzene rings is 4. The monoisotopic (exact) mass is 615 g/mol. The van der Waals surface area contributed by atoms with Crippen molar-refractivity contribution in [1.29, 1.82) is 0 Å². The van der Waals surface area contributed by atoms with Crippen molar-refractivity contribution in [3.05, 3.63) is 157 Å². The van der Waals surface area contributed by atoms with Gasteiger partial charge >= 0.3 is 0 Å². The quantitative estimate of drug-likeness (QED) is 0.170.